The smallest absolute Gasteiger partial charge is 0.269 e. The summed E-state index contributed by atoms with van der Waals surface area (Å²) in [4.78, 5) is 16.1. The molecule has 1 amide bonds. The zero-order valence-electron chi connectivity index (χ0n) is 11.4. The molecular formula is C15H17ClN2O2. The van der Waals surface area contributed by atoms with Crippen LogP contribution in [-0.4, -0.2) is 30.6 Å². The van der Waals surface area contributed by atoms with Gasteiger partial charge in [0.2, 0.25) is 0 Å². The largest absolute Gasteiger partial charge is 0.382 e. The molecule has 0 bridgehead atoms. The predicted molar refractivity (Wildman–Crippen MR) is 80.2 cm³/mol. The topological polar surface area (TPSA) is 51.2 Å². The summed E-state index contributed by atoms with van der Waals surface area (Å²) >= 11 is 6.10. The molecule has 0 saturated heterocycles. The highest BCUT2D eigenvalue weighted by Crippen LogP contribution is 2.22. The van der Waals surface area contributed by atoms with Gasteiger partial charge in [-0.3, -0.25) is 4.79 Å². The number of pyridine rings is 1. The fourth-order valence-corrected chi connectivity index (χ4v) is 2.15. The second kappa shape index (κ2) is 7.22. The van der Waals surface area contributed by atoms with Gasteiger partial charge >= 0.3 is 0 Å². The molecule has 0 saturated carbocycles. The van der Waals surface area contributed by atoms with E-state index < -0.39 is 0 Å². The number of hydrogen-bond acceptors (Lipinski definition) is 3. The van der Waals surface area contributed by atoms with E-state index in [-0.39, 0.29) is 5.91 Å². The van der Waals surface area contributed by atoms with Crippen LogP contribution in [0, 0.1) is 0 Å². The van der Waals surface area contributed by atoms with Crippen LogP contribution in [-0.2, 0) is 4.74 Å². The first-order chi connectivity index (χ1) is 9.72. The first-order valence-corrected chi connectivity index (χ1v) is 7.01. The van der Waals surface area contributed by atoms with Crippen molar-refractivity contribution < 1.29 is 9.53 Å². The van der Waals surface area contributed by atoms with Gasteiger partial charge in [0.1, 0.15) is 10.8 Å². The fraction of sp³-hybridized carbons (Fsp3) is 0.333. The second-order valence-corrected chi connectivity index (χ2v) is 4.68. The summed E-state index contributed by atoms with van der Waals surface area (Å²) in [6.45, 7) is 3.84. The summed E-state index contributed by atoms with van der Waals surface area (Å²) in [5.74, 6) is -0.214. The van der Waals surface area contributed by atoms with E-state index in [1.54, 1.807) is 6.07 Å². The van der Waals surface area contributed by atoms with E-state index in [4.69, 9.17) is 16.3 Å². The molecule has 1 N–H and O–H groups in total. The number of carbonyl (C=O) groups is 1. The van der Waals surface area contributed by atoms with Gasteiger partial charge < -0.3 is 10.1 Å². The molecule has 5 heteroatoms. The van der Waals surface area contributed by atoms with Crippen LogP contribution in [0.15, 0.2) is 30.3 Å². The van der Waals surface area contributed by atoms with Crippen molar-refractivity contribution in [1.82, 2.24) is 10.3 Å². The van der Waals surface area contributed by atoms with Crippen LogP contribution in [0.2, 0.25) is 5.15 Å². The summed E-state index contributed by atoms with van der Waals surface area (Å²) in [5, 5.41) is 4.92. The Morgan fingerprint density at radius 2 is 2.20 bits per heavy atom. The van der Waals surface area contributed by atoms with Crippen molar-refractivity contribution in [2.45, 2.75) is 13.3 Å². The molecule has 1 aromatic carbocycles. The predicted octanol–water partition coefficient (Wildman–Crippen LogP) is 3.04. The number of amides is 1. The maximum atomic E-state index is 12.0. The molecule has 0 atom stereocenters. The molecule has 2 rings (SSSR count). The lowest BCUT2D eigenvalue weighted by Gasteiger charge is -2.07. The monoisotopic (exact) mass is 292 g/mol. The Bertz CT molecular complexity index is 601. The molecule has 0 aliphatic carbocycles. The quantitative estimate of drug-likeness (QED) is 0.658. The van der Waals surface area contributed by atoms with Crippen LogP contribution in [0.1, 0.15) is 23.8 Å². The highest BCUT2D eigenvalue weighted by Gasteiger charge is 2.10. The lowest BCUT2D eigenvalue weighted by molar-refractivity contribution is 0.0939. The van der Waals surface area contributed by atoms with Crippen molar-refractivity contribution >= 4 is 28.3 Å². The summed E-state index contributed by atoms with van der Waals surface area (Å²) in [5.41, 5.74) is 0.338. The molecule has 2 aromatic rings. The Morgan fingerprint density at radius 1 is 1.40 bits per heavy atom. The number of rotatable bonds is 6. The van der Waals surface area contributed by atoms with Gasteiger partial charge in [0.05, 0.1) is 0 Å². The van der Waals surface area contributed by atoms with Crippen LogP contribution in [0.5, 0.6) is 0 Å². The van der Waals surface area contributed by atoms with Gasteiger partial charge in [-0.25, -0.2) is 4.98 Å². The lowest BCUT2D eigenvalue weighted by Crippen LogP contribution is -2.26. The highest BCUT2D eigenvalue weighted by molar-refractivity contribution is 6.34. The van der Waals surface area contributed by atoms with Gasteiger partial charge in [0.25, 0.3) is 5.91 Å². The number of carbonyl (C=O) groups excluding carboxylic acids is 1. The van der Waals surface area contributed by atoms with Crippen LogP contribution >= 0.6 is 11.6 Å². The number of hydrogen-bond donors (Lipinski definition) is 1. The Balaban J connectivity index is 2.03. The van der Waals surface area contributed by atoms with Crippen molar-refractivity contribution in [3.63, 3.8) is 0 Å². The van der Waals surface area contributed by atoms with Gasteiger partial charge in [-0.15, -0.1) is 0 Å². The zero-order valence-corrected chi connectivity index (χ0v) is 12.1. The Kier molecular flexibility index (Phi) is 5.32. The van der Waals surface area contributed by atoms with Crippen molar-refractivity contribution in [3.8, 4) is 0 Å². The SMILES string of the molecule is CCOCCCNC(=O)c1cc2ccccc2c(Cl)n1. The first-order valence-electron chi connectivity index (χ1n) is 6.63. The normalized spacial score (nSPS) is 10.7. The summed E-state index contributed by atoms with van der Waals surface area (Å²) in [6, 6.07) is 9.34. The molecule has 0 aliphatic heterocycles. The van der Waals surface area contributed by atoms with E-state index in [0.29, 0.717) is 30.6 Å². The minimum absolute atomic E-state index is 0.214. The molecular weight excluding hydrogens is 276 g/mol. The van der Waals surface area contributed by atoms with Gasteiger partial charge in [-0.1, -0.05) is 35.9 Å². The Hall–Kier alpha value is -1.65. The fourth-order valence-electron chi connectivity index (χ4n) is 1.88. The molecule has 1 heterocycles. The van der Waals surface area contributed by atoms with Gasteiger partial charge in [0, 0.05) is 25.1 Å². The van der Waals surface area contributed by atoms with E-state index in [2.05, 4.69) is 10.3 Å². The summed E-state index contributed by atoms with van der Waals surface area (Å²) < 4.78 is 5.21. The molecule has 20 heavy (non-hydrogen) atoms. The maximum Gasteiger partial charge on any atom is 0.269 e. The number of halogens is 1. The third-order valence-corrected chi connectivity index (χ3v) is 3.17. The lowest BCUT2D eigenvalue weighted by atomic mass is 10.1. The second-order valence-electron chi connectivity index (χ2n) is 4.33. The standard InChI is InChI=1S/C15H17ClN2O2/c1-2-20-9-5-8-17-15(19)13-10-11-6-3-4-7-12(11)14(16)18-13/h3-4,6-7,10H,2,5,8-9H2,1H3,(H,17,19). The molecule has 0 radical (unpaired) electrons. The van der Waals surface area contributed by atoms with E-state index in [0.717, 1.165) is 17.2 Å². The van der Waals surface area contributed by atoms with E-state index in [1.165, 1.54) is 0 Å². The van der Waals surface area contributed by atoms with Crippen molar-refractivity contribution in [1.29, 1.82) is 0 Å². The number of aromatic nitrogens is 1. The molecule has 106 valence electrons. The molecule has 0 spiro atoms. The molecule has 0 aliphatic rings. The van der Waals surface area contributed by atoms with E-state index in [9.17, 15) is 4.79 Å². The number of fused-ring (bicyclic) bond motifs is 1. The van der Waals surface area contributed by atoms with Crippen LogP contribution in [0.4, 0.5) is 0 Å². The number of nitrogens with one attached hydrogen (secondary N) is 1. The summed E-state index contributed by atoms with van der Waals surface area (Å²) in [6.07, 6.45) is 0.779. The van der Waals surface area contributed by atoms with Gasteiger partial charge in [-0.05, 0) is 24.8 Å². The average molecular weight is 293 g/mol. The molecule has 1 aromatic heterocycles. The highest BCUT2D eigenvalue weighted by atomic mass is 35.5. The zero-order chi connectivity index (χ0) is 14.4. The minimum Gasteiger partial charge on any atom is -0.382 e. The molecule has 0 fully saturated rings. The van der Waals surface area contributed by atoms with Crippen LogP contribution in [0.3, 0.4) is 0 Å². The third-order valence-electron chi connectivity index (χ3n) is 2.88. The first kappa shape index (κ1) is 14.8. The Morgan fingerprint density at radius 3 is 3.00 bits per heavy atom. The third kappa shape index (κ3) is 3.68. The van der Waals surface area contributed by atoms with Crippen molar-refractivity contribution in [3.05, 3.63) is 41.2 Å². The number of ether oxygens (including phenoxy) is 1. The summed E-state index contributed by atoms with van der Waals surface area (Å²) in [7, 11) is 0. The average Bonchev–Trinajstić information content (AvgIpc) is 2.47. The van der Waals surface area contributed by atoms with Crippen LogP contribution in [0.25, 0.3) is 10.8 Å². The van der Waals surface area contributed by atoms with Crippen molar-refractivity contribution in [2.75, 3.05) is 19.8 Å². The van der Waals surface area contributed by atoms with Gasteiger partial charge in [0.15, 0.2) is 0 Å². The number of nitrogens with zero attached hydrogens (tertiary/aromatic N) is 1. The van der Waals surface area contributed by atoms with E-state index >= 15 is 0 Å². The van der Waals surface area contributed by atoms with Gasteiger partial charge in [-0.2, -0.15) is 0 Å². The molecule has 0 unspecified atom stereocenters. The maximum absolute atomic E-state index is 12.0. The minimum atomic E-state index is -0.214. The van der Waals surface area contributed by atoms with E-state index in [1.807, 2.05) is 31.2 Å². The van der Waals surface area contributed by atoms with Crippen molar-refractivity contribution in [2.24, 2.45) is 0 Å². The van der Waals surface area contributed by atoms with Crippen LogP contribution < -0.4 is 5.32 Å². The number of benzene rings is 1. The Labute approximate surface area is 123 Å². The molecule has 4 nitrogen and oxygen atoms in total.